The van der Waals surface area contributed by atoms with Crippen LogP contribution in [0, 0.1) is 10.1 Å². The van der Waals surface area contributed by atoms with Gasteiger partial charge in [-0.1, -0.05) is 0 Å². The fraction of sp³-hybridized carbons (Fsp3) is 0.250. The van der Waals surface area contributed by atoms with Gasteiger partial charge in [-0.25, -0.2) is 4.79 Å². The number of benzene rings is 1. The molecule has 0 amide bonds. The third-order valence-corrected chi connectivity index (χ3v) is 2.14. The SMILES string of the molecule is COCCOc1cc(/C=C/C(=O)O)ccc1[N+](=O)[O-]. The van der Waals surface area contributed by atoms with Gasteiger partial charge in [-0.05, 0) is 23.8 Å². The van der Waals surface area contributed by atoms with Gasteiger partial charge in [-0.3, -0.25) is 10.1 Å². The van der Waals surface area contributed by atoms with Crippen molar-refractivity contribution in [1.29, 1.82) is 0 Å². The first-order chi connectivity index (χ1) is 9.04. The summed E-state index contributed by atoms with van der Waals surface area (Å²) in [4.78, 5) is 20.7. The Hall–Kier alpha value is -2.41. The molecule has 7 nitrogen and oxygen atoms in total. The van der Waals surface area contributed by atoms with Crippen molar-refractivity contribution in [3.63, 3.8) is 0 Å². The lowest BCUT2D eigenvalue weighted by Crippen LogP contribution is -2.06. The van der Waals surface area contributed by atoms with Crippen LogP contribution in [-0.4, -0.2) is 36.3 Å². The third kappa shape index (κ3) is 4.76. The fourth-order valence-electron chi connectivity index (χ4n) is 1.30. The topological polar surface area (TPSA) is 98.9 Å². The molecule has 0 aliphatic rings. The minimum atomic E-state index is -1.10. The molecule has 0 atom stereocenters. The van der Waals surface area contributed by atoms with Gasteiger partial charge in [-0.2, -0.15) is 0 Å². The van der Waals surface area contributed by atoms with Gasteiger partial charge in [0.05, 0.1) is 11.5 Å². The van der Waals surface area contributed by atoms with E-state index in [0.717, 1.165) is 6.08 Å². The second kappa shape index (κ2) is 7.12. The van der Waals surface area contributed by atoms with E-state index in [9.17, 15) is 14.9 Å². The van der Waals surface area contributed by atoms with Crippen LogP contribution >= 0.6 is 0 Å². The minimum absolute atomic E-state index is 0.0783. The lowest BCUT2D eigenvalue weighted by molar-refractivity contribution is -0.385. The molecule has 0 aliphatic carbocycles. The van der Waals surface area contributed by atoms with Crippen molar-refractivity contribution >= 4 is 17.7 Å². The van der Waals surface area contributed by atoms with Crippen LogP contribution in [0.1, 0.15) is 5.56 Å². The van der Waals surface area contributed by atoms with Gasteiger partial charge in [0, 0.05) is 19.3 Å². The Morgan fingerprint density at radius 1 is 1.47 bits per heavy atom. The molecule has 0 saturated heterocycles. The van der Waals surface area contributed by atoms with Crippen molar-refractivity contribution in [3.05, 3.63) is 40.0 Å². The number of carboxylic acid groups (broad SMARTS) is 1. The number of carboxylic acids is 1. The Morgan fingerprint density at radius 3 is 2.79 bits per heavy atom. The Morgan fingerprint density at radius 2 is 2.21 bits per heavy atom. The van der Waals surface area contributed by atoms with Crippen LogP contribution in [0.3, 0.4) is 0 Å². The molecule has 1 rings (SSSR count). The van der Waals surface area contributed by atoms with Gasteiger partial charge < -0.3 is 14.6 Å². The standard InChI is InChI=1S/C12H13NO6/c1-18-6-7-19-11-8-9(3-5-12(14)15)2-4-10(11)13(16)17/h2-5,8H,6-7H2,1H3,(H,14,15)/b5-3+. The van der Waals surface area contributed by atoms with Crippen LogP contribution in [0.15, 0.2) is 24.3 Å². The van der Waals surface area contributed by atoms with Gasteiger partial charge in [0.15, 0.2) is 5.75 Å². The Kier molecular flexibility index (Phi) is 5.49. The number of nitrogens with zero attached hydrogens (tertiary/aromatic N) is 1. The van der Waals surface area contributed by atoms with Crippen LogP contribution in [0.5, 0.6) is 5.75 Å². The molecule has 7 heteroatoms. The first-order valence-electron chi connectivity index (χ1n) is 5.35. The Balaban J connectivity index is 2.96. The Labute approximate surface area is 109 Å². The molecule has 19 heavy (non-hydrogen) atoms. The maximum atomic E-state index is 10.8. The first-order valence-corrected chi connectivity index (χ1v) is 5.35. The predicted octanol–water partition coefficient (Wildman–Crippen LogP) is 1.72. The molecule has 0 bridgehead atoms. The number of ether oxygens (including phenoxy) is 2. The second-order valence-electron chi connectivity index (χ2n) is 3.50. The van der Waals surface area contributed by atoms with Crippen molar-refractivity contribution in [2.75, 3.05) is 20.3 Å². The maximum absolute atomic E-state index is 10.8. The van der Waals surface area contributed by atoms with E-state index in [1.54, 1.807) is 0 Å². The second-order valence-corrected chi connectivity index (χ2v) is 3.50. The summed E-state index contributed by atoms with van der Waals surface area (Å²) >= 11 is 0. The summed E-state index contributed by atoms with van der Waals surface area (Å²) in [5.41, 5.74) is 0.323. The number of rotatable bonds is 7. The van der Waals surface area contributed by atoms with E-state index in [2.05, 4.69) is 0 Å². The molecule has 102 valence electrons. The number of nitro groups is 1. The molecule has 0 heterocycles. The zero-order valence-electron chi connectivity index (χ0n) is 10.2. The van der Waals surface area contributed by atoms with Crippen molar-refractivity contribution in [2.24, 2.45) is 0 Å². The summed E-state index contributed by atoms with van der Waals surface area (Å²) in [6.45, 7) is 0.468. The van der Waals surface area contributed by atoms with Crippen LogP contribution < -0.4 is 4.74 Å². The van der Waals surface area contributed by atoms with Crippen LogP contribution in [0.25, 0.3) is 6.08 Å². The lowest BCUT2D eigenvalue weighted by Gasteiger charge is -2.06. The fourth-order valence-corrected chi connectivity index (χ4v) is 1.30. The zero-order chi connectivity index (χ0) is 14.3. The van der Waals surface area contributed by atoms with Gasteiger partial charge in [0.1, 0.15) is 6.61 Å². The van der Waals surface area contributed by atoms with Gasteiger partial charge in [0.25, 0.3) is 0 Å². The summed E-state index contributed by atoms with van der Waals surface area (Å²) < 4.78 is 10.0. The molecule has 0 spiro atoms. The summed E-state index contributed by atoms with van der Waals surface area (Å²) in [6, 6.07) is 4.12. The molecule has 1 aromatic carbocycles. The van der Waals surface area contributed by atoms with E-state index in [-0.39, 0.29) is 18.0 Å². The highest BCUT2D eigenvalue weighted by atomic mass is 16.6. The Bertz CT molecular complexity index is 497. The van der Waals surface area contributed by atoms with E-state index in [1.165, 1.54) is 31.4 Å². The molecule has 1 N–H and O–H groups in total. The number of hydrogen-bond acceptors (Lipinski definition) is 5. The largest absolute Gasteiger partial charge is 0.484 e. The van der Waals surface area contributed by atoms with E-state index in [1.807, 2.05) is 0 Å². The van der Waals surface area contributed by atoms with Gasteiger partial charge in [-0.15, -0.1) is 0 Å². The number of methoxy groups -OCH3 is 1. The van der Waals surface area contributed by atoms with E-state index >= 15 is 0 Å². The van der Waals surface area contributed by atoms with Crippen molar-refractivity contribution in [1.82, 2.24) is 0 Å². The molecule has 0 saturated carbocycles. The molecule has 0 aromatic heterocycles. The zero-order valence-corrected chi connectivity index (χ0v) is 10.2. The lowest BCUT2D eigenvalue weighted by atomic mass is 10.2. The number of aliphatic carboxylic acids is 1. The first kappa shape index (κ1) is 14.7. The number of carbonyl (C=O) groups is 1. The van der Waals surface area contributed by atoms with Crippen molar-refractivity contribution in [2.45, 2.75) is 0 Å². The molecule has 0 fully saturated rings. The van der Waals surface area contributed by atoms with Crippen molar-refractivity contribution in [3.8, 4) is 5.75 Å². The summed E-state index contributed by atoms with van der Waals surface area (Å²) in [7, 11) is 1.49. The average molecular weight is 267 g/mol. The normalized spacial score (nSPS) is 10.6. The molecule has 0 unspecified atom stereocenters. The van der Waals surface area contributed by atoms with E-state index in [4.69, 9.17) is 14.6 Å². The highest BCUT2D eigenvalue weighted by molar-refractivity contribution is 5.85. The molecule has 0 radical (unpaired) electrons. The molecular formula is C12H13NO6. The summed E-state index contributed by atoms with van der Waals surface area (Å²) in [6.07, 6.45) is 2.27. The van der Waals surface area contributed by atoms with Crippen LogP contribution in [0.2, 0.25) is 0 Å². The van der Waals surface area contributed by atoms with Gasteiger partial charge in [0.2, 0.25) is 0 Å². The summed E-state index contributed by atoms with van der Waals surface area (Å²) in [5.74, 6) is -1.02. The quantitative estimate of drug-likeness (QED) is 0.349. The monoisotopic (exact) mass is 267 g/mol. The van der Waals surface area contributed by atoms with Gasteiger partial charge >= 0.3 is 11.7 Å². The highest BCUT2D eigenvalue weighted by Gasteiger charge is 2.15. The maximum Gasteiger partial charge on any atom is 0.328 e. The van der Waals surface area contributed by atoms with Crippen LogP contribution in [0.4, 0.5) is 5.69 Å². The molecule has 1 aromatic rings. The minimum Gasteiger partial charge on any atom is -0.484 e. The van der Waals surface area contributed by atoms with Crippen molar-refractivity contribution < 1.29 is 24.3 Å². The van der Waals surface area contributed by atoms with Crippen LogP contribution in [-0.2, 0) is 9.53 Å². The highest BCUT2D eigenvalue weighted by Crippen LogP contribution is 2.28. The third-order valence-electron chi connectivity index (χ3n) is 2.14. The van der Waals surface area contributed by atoms with E-state index in [0.29, 0.717) is 12.2 Å². The predicted molar refractivity (Wildman–Crippen MR) is 67.1 cm³/mol. The number of hydrogen-bond donors (Lipinski definition) is 1. The van der Waals surface area contributed by atoms with E-state index < -0.39 is 10.9 Å². The molecular weight excluding hydrogens is 254 g/mol. The summed E-state index contributed by atoms with van der Waals surface area (Å²) in [5, 5.41) is 19.3. The number of nitro benzene ring substituents is 1. The molecule has 0 aliphatic heterocycles. The smallest absolute Gasteiger partial charge is 0.328 e. The average Bonchev–Trinajstić information content (AvgIpc) is 2.36.